The molecule has 0 spiro atoms. The van der Waals surface area contributed by atoms with Crippen LogP contribution in [0.15, 0.2) is 24.0 Å². The van der Waals surface area contributed by atoms with E-state index in [1.54, 1.807) is 13.0 Å². The molecule has 1 heterocycles. The molecule has 0 N–H and O–H groups in total. The van der Waals surface area contributed by atoms with Gasteiger partial charge in [0.15, 0.2) is 0 Å². The summed E-state index contributed by atoms with van der Waals surface area (Å²) in [4.78, 5) is 10.5. The second-order valence-electron chi connectivity index (χ2n) is 1.95. The average Bonchev–Trinajstić information content (AvgIpc) is 2.45. The van der Waals surface area contributed by atoms with Crippen LogP contribution in [-0.4, -0.2) is 5.97 Å². The predicted molar refractivity (Wildman–Crippen MR) is 44.5 cm³/mol. The van der Waals surface area contributed by atoms with E-state index < -0.39 is 0 Å². The summed E-state index contributed by atoms with van der Waals surface area (Å²) in [5.74, 6) is 10.5. The van der Waals surface area contributed by atoms with Gasteiger partial charge < -0.3 is 4.74 Å². The van der Waals surface area contributed by atoms with Gasteiger partial charge in [0.25, 0.3) is 0 Å². The van der Waals surface area contributed by atoms with Crippen LogP contribution in [0.2, 0.25) is 0 Å². The van der Waals surface area contributed by atoms with Crippen LogP contribution in [0.1, 0.15) is 6.92 Å². The number of allylic oxidation sites excluding steroid dienone is 2. The Balaban J connectivity index is 2.60. The summed E-state index contributed by atoms with van der Waals surface area (Å²) in [7, 11) is 0. The minimum absolute atomic E-state index is 0.357. The van der Waals surface area contributed by atoms with Crippen LogP contribution in [0, 0.1) is 23.7 Å². The van der Waals surface area contributed by atoms with E-state index in [1.165, 1.54) is 12.2 Å². The minimum Gasteiger partial charge on any atom is -0.423 e. The van der Waals surface area contributed by atoms with Crippen LogP contribution in [0.4, 0.5) is 0 Å². The van der Waals surface area contributed by atoms with Crippen LogP contribution in [-0.2, 0) is 9.53 Å². The normalized spacial score (nSPS) is 16.1. The summed E-state index contributed by atoms with van der Waals surface area (Å²) < 4.78 is 4.70. The van der Waals surface area contributed by atoms with Gasteiger partial charge in [0.2, 0.25) is 0 Å². The highest BCUT2D eigenvalue weighted by atomic mass is 16.5. The maximum Gasteiger partial charge on any atom is 0.336 e. The van der Waals surface area contributed by atoms with E-state index in [0.29, 0.717) is 5.76 Å². The largest absolute Gasteiger partial charge is 0.423 e. The first-order valence-corrected chi connectivity index (χ1v) is 3.35. The fourth-order valence-corrected chi connectivity index (χ4v) is 0.618. The van der Waals surface area contributed by atoms with Crippen LogP contribution in [0.25, 0.3) is 0 Å². The second-order valence-corrected chi connectivity index (χ2v) is 1.95. The number of ether oxygens (including phenoxy) is 1. The molecule has 0 unspecified atom stereocenters. The third-order valence-corrected chi connectivity index (χ3v) is 1.08. The zero-order valence-corrected chi connectivity index (χ0v) is 6.55. The molecule has 0 fully saturated rings. The van der Waals surface area contributed by atoms with Gasteiger partial charge >= 0.3 is 5.97 Å². The van der Waals surface area contributed by atoms with Crippen LogP contribution in [0.3, 0.4) is 0 Å². The first kappa shape index (κ1) is 8.17. The molecule has 12 heavy (non-hydrogen) atoms. The Labute approximate surface area is 70.9 Å². The summed E-state index contributed by atoms with van der Waals surface area (Å²) in [6.45, 7) is 1.71. The lowest BCUT2D eigenvalue weighted by Crippen LogP contribution is -1.89. The van der Waals surface area contributed by atoms with Crippen molar-refractivity contribution in [2.45, 2.75) is 6.92 Å². The Bertz CT molecular complexity index is 364. The number of rotatable bonds is 0. The molecule has 2 heteroatoms. The zero-order valence-electron chi connectivity index (χ0n) is 6.55. The monoisotopic (exact) mass is 158 g/mol. The quantitative estimate of drug-likeness (QED) is 0.388. The average molecular weight is 158 g/mol. The van der Waals surface area contributed by atoms with Gasteiger partial charge in [-0.1, -0.05) is 11.8 Å². The van der Waals surface area contributed by atoms with Gasteiger partial charge in [-0.05, 0) is 24.8 Å². The van der Waals surface area contributed by atoms with Crippen molar-refractivity contribution in [3.05, 3.63) is 24.0 Å². The van der Waals surface area contributed by atoms with E-state index in [1.807, 2.05) is 0 Å². The molecule has 58 valence electrons. The van der Waals surface area contributed by atoms with Crippen molar-refractivity contribution in [3.63, 3.8) is 0 Å². The Hall–Kier alpha value is -1.93. The van der Waals surface area contributed by atoms with Gasteiger partial charge in [-0.25, -0.2) is 4.79 Å². The number of hydrogen-bond donors (Lipinski definition) is 0. The standard InChI is InChI=1S/C10H6O2/c1-2-3-4-5-6-9-7-8-10(11)12-9/h6-8H,1H3. The number of hydrogen-bond acceptors (Lipinski definition) is 2. The van der Waals surface area contributed by atoms with Crippen molar-refractivity contribution >= 4 is 5.97 Å². The molecular weight excluding hydrogens is 152 g/mol. The molecule has 2 nitrogen and oxygen atoms in total. The Morgan fingerprint density at radius 3 is 2.83 bits per heavy atom. The smallest absolute Gasteiger partial charge is 0.336 e. The Morgan fingerprint density at radius 2 is 2.25 bits per heavy atom. The Kier molecular flexibility index (Phi) is 2.76. The van der Waals surface area contributed by atoms with Gasteiger partial charge in [0.05, 0.1) is 0 Å². The minimum atomic E-state index is -0.357. The molecule has 0 atom stereocenters. The summed E-state index contributed by atoms with van der Waals surface area (Å²) in [6, 6.07) is 0. The van der Waals surface area contributed by atoms with Gasteiger partial charge in [-0.15, -0.1) is 0 Å². The van der Waals surface area contributed by atoms with Crippen molar-refractivity contribution in [3.8, 4) is 23.7 Å². The molecule has 0 aromatic heterocycles. The third-order valence-electron chi connectivity index (χ3n) is 1.08. The highest BCUT2D eigenvalue weighted by molar-refractivity contribution is 5.86. The van der Waals surface area contributed by atoms with Crippen LogP contribution < -0.4 is 0 Å². The third kappa shape index (κ3) is 2.36. The first-order chi connectivity index (χ1) is 5.83. The van der Waals surface area contributed by atoms with Crippen molar-refractivity contribution in [1.82, 2.24) is 0 Å². The zero-order chi connectivity index (χ0) is 8.81. The van der Waals surface area contributed by atoms with Crippen molar-refractivity contribution in [2.24, 2.45) is 0 Å². The fourth-order valence-electron chi connectivity index (χ4n) is 0.618. The number of carbonyl (C=O) groups is 1. The van der Waals surface area contributed by atoms with Crippen molar-refractivity contribution in [1.29, 1.82) is 0 Å². The summed E-state index contributed by atoms with van der Waals surface area (Å²) in [6.07, 6.45) is 4.42. The molecule has 0 saturated heterocycles. The highest BCUT2D eigenvalue weighted by Crippen LogP contribution is 2.07. The molecular formula is C10H6O2. The van der Waals surface area contributed by atoms with E-state index >= 15 is 0 Å². The molecule has 1 aliphatic heterocycles. The van der Waals surface area contributed by atoms with E-state index in [9.17, 15) is 4.79 Å². The lowest BCUT2D eigenvalue weighted by molar-refractivity contribution is -0.132. The summed E-state index contributed by atoms with van der Waals surface area (Å²) in [5, 5.41) is 0. The molecule has 0 aromatic carbocycles. The van der Waals surface area contributed by atoms with Gasteiger partial charge in [0, 0.05) is 12.2 Å². The van der Waals surface area contributed by atoms with Crippen molar-refractivity contribution in [2.75, 3.05) is 0 Å². The molecule has 1 rings (SSSR count). The molecule has 0 saturated carbocycles. The van der Waals surface area contributed by atoms with Gasteiger partial charge in [-0.2, -0.15) is 0 Å². The topological polar surface area (TPSA) is 26.3 Å². The van der Waals surface area contributed by atoms with E-state index in [0.717, 1.165) is 0 Å². The lowest BCUT2D eigenvalue weighted by atomic mass is 10.4. The highest BCUT2D eigenvalue weighted by Gasteiger charge is 2.07. The van der Waals surface area contributed by atoms with Crippen LogP contribution >= 0.6 is 0 Å². The molecule has 0 radical (unpaired) electrons. The second kappa shape index (κ2) is 4.05. The number of cyclic esters (lactones) is 1. The summed E-state index contributed by atoms with van der Waals surface area (Å²) in [5.41, 5.74) is 0. The van der Waals surface area contributed by atoms with Gasteiger partial charge in [0.1, 0.15) is 5.76 Å². The SMILES string of the molecule is CC#CC#CC=C1C=CC(=O)O1. The molecule has 1 aliphatic rings. The molecule has 0 aliphatic carbocycles. The maximum absolute atomic E-state index is 10.5. The van der Waals surface area contributed by atoms with Crippen molar-refractivity contribution < 1.29 is 9.53 Å². The maximum atomic E-state index is 10.5. The van der Waals surface area contributed by atoms with Gasteiger partial charge in [-0.3, -0.25) is 0 Å². The molecule has 0 aromatic rings. The number of carbonyl (C=O) groups excluding carboxylic acids is 1. The predicted octanol–water partition coefficient (Wildman–Crippen LogP) is 1.01. The lowest BCUT2D eigenvalue weighted by Gasteiger charge is -1.88. The molecule has 0 bridgehead atoms. The van der Waals surface area contributed by atoms with E-state index in [2.05, 4.69) is 23.7 Å². The summed E-state index contributed by atoms with van der Waals surface area (Å²) >= 11 is 0. The number of esters is 1. The van der Waals surface area contributed by atoms with Crippen LogP contribution in [0.5, 0.6) is 0 Å². The Morgan fingerprint density at radius 1 is 1.42 bits per heavy atom. The first-order valence-electron chi connectivity index (χ1n) is 3.35. The van der Waals surface area contributed by atoms with E-state index in [4.69, 9.17) is 4.74 Å². The fraction of sp³-hybridized carbons (Fsp3) is 0.100. The molecule has 0 amide bonds. The van der Waals surface area contributed by atoms with E-state index in [-0.39, 0.29) is 5.97 Å².